The minimum Gasteiger partial charge on any atom is -0.371 e. The zero-order valence-electron chi connectivity index (χ0n) is 15.8. The third-order valence-corrected chi connectivity index (χ3v) is 3.71. The van der Waals surface area contributed by atoms with Crippen LogP contribution in [0.4, 0.5) is 0 Å². The van der Waals surface area contributed by atoms with E-state index in [1.165, 1.54) is 11.1 Å². The van der Waals surface area contributed by atoms with E-state index in [9.17, 15) is 0 Å². The maximum Gasteiger partial charge on any atom is 0.191 e. The number of aromatic nitrogens is 2. The number of nitrogens with zero attached hydrogens (tertiary/aromatic N) is 3. The molecule has 0 amide bonds. The lowest BCUT2D eigenvalue weighted by Gasteiger charge is -2.19. The van der Waals surface area contributed by atoms with Crippen molar-refractivity contribution < 1.29 is 4.74 Å². The molecule has 0 aliphatic rings. The van der Waals surface area contributed by atoms with Crippen molar-refractivity contribution in [1.82, 2.24) is 20.4 Å². The van der Waals surface area contributed by atoms with Crippen molar-refractivity contribution in [3.63, 3.8) is 0 Å². The van der Waals surface area contributed by atoms with Gasteiger partial charge >= 0.3 is 0 Å². The van der Waals surface area contributed by atoms with Gasteiger partial charge in [-0.05, 0) is 38.0 Å². The zero-order valence-corrected chi connectivity index (χ0v) is 15.8. The molecule has 6 heteroatoms. The van der Waals surface area contributed by atoms with E-state index in [-0.39, 0.29) is 5.60 Å². The van der Waals surface area contributed by atoms with E-state index in [0.29, 0.717) is 19.7 Å². The van der Waals surface area contributed by atoms with Crippen LogP contribution in [0.1, 0.15) is 37.6 Å². The average Bonchev–Trinajstić information content (AvgIpc) is 2.98. The number of hydrogen-bond donors (Lipinski definition) is 2. The number of benzene rings is 1. The van der Waals surface area contributed by atoms with Crippen molar-refractivity contribution >= 4 is 5.96 Å². The Morgan fingerprint density at radius 1 is 1.16 bits per heavy atom. The van der Waals surface area contributed by atoms with Gasteiger partial charge in [-0.1, -0.05) is 24.3 Å². The number of nitrogens with one attached hydrogen (secondary N) is 2. The topological polar surface area (TPSA) is 63.5 Å². The maximum atomic E-state index is 5.84. The lowest BCUT2D eigenvalue weighted by Crippen LogP contribution is -2.36. The number of rotatable bonds is 6. The smallest absolute Gasteiger partial charge is 0.191 e. The van der Waals surface area contributed by atoms with Crippen LogP contribution in [0.3, 0.4) is 0 Å². The molecule has 1 aromatic carbocycles. The molecule has 136 valence electrons. The van der Waals surface area contributed by atoms with Crippen LogP contribution in [0.5, 0.6) is 0 Å². The lowest BCUT2D eigenvalue weighted by molar-refractivity contribution is -0.0149. The van der Waals surface area contributed by atoms with E-state index in [2.05, 4.69) is 65.8 Å². The SMILES string of the molecule is CN=C(NCc1cccc(COC(C)(C)C)c1)NCc1ccnn1C. The third-order valence-electron chi connectivity index (χ3n) is 3.71. The summed E-state index contributed by atoms with van der Waals surface area (Å²) in [4.78, 5) is 4.26. The normalized spacial score (nSPS) is 12.3. The number of hydrogen-bond acceptors (Lipinski definition) is 3. The first kappa shape index (κ1) is 19.0. The lowest BCUT2D eigenvalue weighted by atomic mass is 10.1. The van der Waals surface area contributed by atoms with Crippen LogP contribution in [0.2, 0.25) is 0 Å². The van der Waals surface area contributed by atoms with Crippen molar-refractivity contribution in [3.05, 3.63) is 53.3 Å². The number of aliphatic imine (C=N–C) groups is 1. The zero-order chi connectivity index (χ0) is 18.3. The van der Waals surface area contributed by atoms with Gasteiger partial charge in [-0.15, -0.1) is 0 Å². The molecule has 6 nitrogen and oxygen atoms in total. The Morgan fingerprint density at radius 2 is 1.88 bits per heavy atom. The largest absolute Gasteiger partial charge is 0.371 e. The second-order valence-electron chi connectivity index (χ2n) is 6.95. The van der Waals surface area contributed by atoms with Crippen LogP contribution in [0.15, 0.2) is 41.5 Å². The molecular weight excluding hydrogens is 314 g/mol. The first-order valence-corrected chi connectivity index (χ1v) is 8.50. The first-order valence-electron chi connectivity index (χ1n) is 8.50. The third kappa shape index (κ3) is 6.58. The quantitative estimate of drug-likeness (QED) is 0.625. The molecule has 0 aliphatic heterocycles. The molecule has 0 atom stereocenters. The highest BCUT2D eigenvalue weighted by Crippen LogP contribution is 2.13. The molecule has 1 heterocycles. The second kappa shape index (κ2) is 8.67. The van der Waals surface area contributed by atoms with Crippen LogP contribution in [-0.4, -0.2) is 28.4 Å². The average molecular weight is 343 g/mol. The fourth-order valence-electron chi connectivity index (χ4n) is 2.28. The van der Waals surface area contributed by atoms with Gasteiger partial charge in [0.2, 0.25) is 0 Å². The summed E-state index contributed by atoms with van der Waals surface area (Å²) in [5, 5.41) is 10.8. The Bertz CT molecular complexity index is 700. The van der Waals surface area contributed by atoms with Crippen LogP contribution < -0.4 is 10.6 Å². The van der Waals surface area contributed by atoms with E-state index in [4.69, 9.17) is 4.74 Å². The van der Waals surface area contributed by atoms with Crippen molar-refractivity contribution in [3.8, 4) is 0 Å². The standard InChI is InChI=1S/C19H29N5O/c1-19(2,3)25-14-16-8-6-7-15(11-16)12-21-18(20-4)22-13-17-9-10-23-24(17)5/h6-11H,12-14H2,1-5H3,(H2,20,21,22). The summed E-state index contributed by atoms with van der Waals surface area (Å²) in [6, 6.07) is 10.4. The molecule has 0 aliphatic carbocycles. The van der Waals surface area contributed by atoms with Gasteiger partial charge in [0.05, 0.1) is 24.4 Å². The summed E-state index contributed by atoms with van der Waals surface area (Å²) >= 11 is 0. The summed E-state index contributed by atoms with van der Waals surface area (Å²) in [7, 11) is 3.70. The Labute approximate surface area is 150 Å². The van der Waals surface area contributed by atoms with E-state index >= 15 is 0 Å². The molecule has 2 N–H and O–H groups in total. The fraction of sp³-hybridized carbons (Fsp3) is 0.474. The molecule has 0 bridgehead atoms. The maximum absolute atomic E-state index is 5.84. The summed E-state index contributed by atoms with van der Waals surface area (Å²) < 4.78 is 7.69. The van der Waals surface area contributed by atoms with Crippen molar-refractivity contribution in [2.75, 3.05) is 7.05 Å². The molecule has 0 radical (unpaired) electrons. The van der Waals surface area contributed by atoms with Crippen molar-refractivity contribution in [2.45, 2.75) is 46.1 Å². The highest BCUT2D eigenvalue weighted by atomic mass is 16.5. The molecule has 25 heavy (non-hydrogen) atoms. The van der Waals surface area contributed by atoms with Gasteiger partial charge < -0.3 is 15.4 Å². The highest BCUT2D eigenvalue weighted by Gasteiger charge is 2.10. The molecule has 0 fully saturated rings. The Balaban J connectivity index is 1.85. The first-order chi connectivity index (χ1) is 11.9. The van der Waals surface area contributed by atoms with Gasteiger partial charge in [-0.2, -0.15) is 5.10 Å². The molecule has 0 saturated carbocycles. The Kier molecular flexibility index (Phi) is 6.58. The second-order valence-corrected chi connectivity index (χ2v) is 6.95. The summed E-state index contributed by atoms with van der Waals surface area (Å²) in [6.07, 6.45) is 1.79. The fourth-order valence-corrected chi connectivity index (χ4v) is 2.28. The van der Waals surface area contributed by atoms with E-state index in [1.54, 1.807) is 13.2 Å². The molecule has 2 rings (SSSR count). The van der Waals surface area contributed by atoms with Gasteiger partial charge in [0, 0.05) is 26.8 Å². The summed E-state index contributed by atoms with van der Waals surface area (Å²) in [6.45, 7) is 8.19. The van der Waals surface area contributed by atoms with Crippen LogP contribution >= 0.6 is 0 Å². The Hall–Kier alpha value is -2.34. The minimum absolute atomic E-state index is 0.133. The number of ether oxygens (including phenoxy) is 1. The minimum atomic E-state index is -0.133. The van der Waals surface area contributed by atoms with Gasteiger partial charge in [-0.3, -0.25) is 9.67 Å². The highest BCUT2D eigenvalue weighted by molar-refractivity contribution is 5.79. The van der Waals surface area contributed by atoms with Crippen LogP contribution in [0.25, 0.3) is 0 Å². The molecule has 2 aromatic rings. The van der Waals surface area contributed by atoms with Crippen molar-refractivity contribution in [1.29, 1.82) is 0 Å². The molecule has 0 saturated heterocycles. The van der Waals surface area contributed by atoms with Crippen LogP contribution in [0, 0.1) is 0 Å². The number of aryl methyl sites for hydroxylation is 1. The molecule has 0 unspecified atom stereocenters. The molecule has 1 aromatic heterocycles. The van der Waals surface area contributed by atoms with Gasteiger partial charge in [0.1, 0.15) is 0 Å². The summed E-state index contributed by atoms with van der Waals surface area (Å²) in [5.74, 6) is 0.762. The van der Waals surface area contributed by atoms with Crippen LogP contribution in [-0.2, 0) is 31.5 Å². The summed E-state index contributed by atoms with van der Waals surface area (Å²) in [5.41, 5.74) is 3.33. The van der Waals surface area contributed by atoms with Gasteiger partial charge in [-0.25, -0.2) is 0 Å². The van der Waals surface area contributed by atoms with Crippen molar-refractivity contribution in [2.24, 2.45) is 12.0 Å². The monoisotopic (exact) mass is 343 g/mol. The molecular formula is C19H29N5O. The predicted octanol–water partition coefficient (Wildman–Crippen LogP) is 2.60. The predicted molar refractivity (Wildman–Crippen MR) is 101 cm³/mol. The van der Waals surface area contributed by atoms with Gasteiger partial charge in [0.15, 0.2) is 5.96 Å². The van der Waals surface area contributed by atoms with Gasteiger partial charge in [0.25, 0.3) is 0 Å². The van der Waals surface area contributed by atoms with E-state index in [0.717, 1.165) is 11.7 Å². The van der Waals surface area contributed by atoms with E-state index < -0.39 is 0 Å². The number of guanidine groups is 1. The van der Waals surface area contributed by atoms with E-state index in [1.807, 2.05) is 17.8 Å². The Morgan fingerprint density at radius 3 is 2.52 bits per heavy atom. The molecule has 0 spiro atoms.